The fourth-order valence-corrected chi connectivity index (χ4v) is 3.26. The summed E-state index contributed by atoms with van der Waals surface area (Å²) in [5.41, 5.74) is 0.839. The highest BCUT2D eigenvalue weighted by molar-refractivity contribution is 7.89. The quantitative estimate of drug-likeness (QED) is 0.710. The number of benzene rings is 2. The number of rotatable bonds is 7. The van der Waals surface area contributed by atoms with E-state index in [4.69, 9.17) is 11.2 Å². The molecule has 0 saturated heterocycles. The summed E-state index contributed by atoms with van der Waals surface area (Å²) in [5.74, 6) is 1.36. The summed E-state index contributed by atoms with van der Waals surface area (Å²) >= 11 is 0. The van der Waals surface area contributed by atoms with Crippen LogP contribution in [0.5, 0.6) is 5.75 Å². The highest BCUT2D eigenvalue weighted by Gasteiger charge is 2.16. The molecule has 2 aromatic carbocycles. The van der Waals surface area contributed by atoms with Crippen molar-refractivity contribution in [3.63, 3.8) is 0 Å². The maximum Gasteiger partial charge on any atom is 0.251 e. The average Bonchev–Trinajstić information content (AvgIpc) is 2.66. The molecule has 0 radical (unpaired) electrons. The first kappa shape index (κ1) is 20.4. The van der Waals surface area contributed by atoms with Crippen molar-refractivity contribution in [1.82, 2.24) is 10.0 Å². The van der Waals surface area contributed by atoms with E-state index in [0.29, 0.717) is 5.56 Å². The largest absolute Gasteiger partial charge is 0.494 e. The summed E-state index contributed by atoms with van der Waals surface area (Å²) in [6, 6.07) is 9.37. The van der Waals surface area contributed by atoms with Crippen LogP contribution in [-0.4, -0.2) is 28.0 Å². The Labute approximate surface area is 157 Å². The molecule has 0 unspecified atom stereocenters. The molecule has 0 aliphatic heterocycles. The van der Waals surface area contributed by atoms with Crippen molar-refractivity contribution in [1.29, 1.82) is 0 Å². The van der Waals surface area contributed by atoms with Gasteiger partial charge in [0.05, 0.1) is 24.6 Å². The normalized spacial score (nSPS) is 12.1. The molecule has 0 fully saturated rings. The predicted octanol–water partition coefficient (Wildman–Crippen LogP) is 2.24. The number of halogens is 1. The summed E-state index contributed by atoms with van der Waals surface area (Å²) in [6.07, 6.45) is 5.04. The summed E-state index contributed by atoms with van der Waals surface area (Å²) in [5, 5.41) is 2.73. The van der Waals surface area contributed by atoms with E-state index in [0.717, 1.165) is 0 Å². The van der Waals surface area contributed by atoms with Crippen LogP contribution in [0.25, 0.3) is 0 Å². The number of carbonyl (C=O) groups excluding carboxylic acids is 1. The molecule has 0 aliphatic carbocycles. The lowest BCUT2D eigenvalue weighted by Gasteiger charge is -2.15. The van der Waals surface area contributed by atoms with Gasteiger partial charge in [0, 0.05) is 5.56 Å². The van der Waals surface area contributed by atoms with Crippen molar-refractivity contribution in [2.75, 3.05) is 13.7 Å². The molecule has 142 valence electrons. The molecule has 0 bridgehead atoms. The van der Waals surface area contributed by atoms with Crippen LogP contribution in [0.2, 0.25) is 0 Å². The zero-order valence-electron chi connectivity index (χ0n) is 14.8. The molecule has 0 spiro atoms. The fraction of sp³-hybridized carbons (Fsp3) is 0.211. The Morgan fingerprint density at radius 1 is 1.26 bits per heavy atom. The molecule has 0 saturated carbocycles. The van der Waals surface area contributed by atoms with E-state index >= 15 is 0 Å². The van der Waals surface area contributed by atoms with E-state index < -0.39 is 27.8 Å². The van der Waals surface area contributed by atoms with Crippen LogP contribution in [0, 0.1) is 18.2 Å². The molecule has 2 N–H and O–H groups in total. The molecule has 1 atom stereocenters. The Hall–Kier alpha value is -2.89. The van der Waals surface area contributed by atoms with Crippen LogP contribution in [0.3, 0.4) is 0 Å². The third-order valence-corrected chi connectivity index (χ3v) is 5.23. The number of terminal acetylenes is 1. The third kappa shape index (κ3) is 5.06. The molecular weight excluding hydrogens is 371 g/mol. The van der Waals surface area contributed by atoms with Crippen molar-refractivity contribution in [3.8, 4) is 18.1 Å². The lowest BCUT2D eigenvalue weighted by Crippen LogP contribution is -2.27. The topological polar surface area (TPSA) is 84.5 Å². The second-order valence-electron chi connectivity index (χ2n) is 5.64. The van der Waals surface area contributed by atoms with Gasteiger partial charge in [-0.15, -0.1) is 6.42 Å². The van der Waals surface area contributed by atoms with Crippen LogP contribution in [0.4, 0.5) is 4.39 Å². The number of hydrogen-bond acceptors (Lipinski definition) is 4. The van der Waals surface area contributed by atoms with Crippen LogP contribution < -0.4 is 14.8 Å². The first-order valence-corrected chi connectivity index (χ1v) is 9.44. The van der Waals surface area contributed by atoms with Gasteiger partial charge in [0.25, 0.3) is 5.91 Å². The van der Waals surface area contributed by atoms with Crippen LogP contribution >= 0.6 is 0 Å². The van der Waals surface area contributed by atoms with E-state index in [-0.39, 0.29) is 22.8 Å². The summed E-state index contributed by atoms with van der Waals surface area (Å²) in [6.45, 7) is 1.59. The molecule has 1 amide bonds. The van der Waals surface area contributed by atoms with Crippen molar-refractivity contribution in [3.05, 3.63) is 59.4 Å². The monoisotopic (exact) mass is 390 g/mol. The summed E-state index contributed by atoms with van der Waals surface area (Å²) in [7, 11) is -2.35. The van der Waals surface area contributed by atoms with Gasteiger partial charge in [-0.2, -0.15) is 4.72 Å². The van der Waals surface area contributed by atoms with E-state index in [1.807, 2.05) is 0 Å². The molecule has 27 heavy (non-hydrogen) atoms. The zero-order valence-corrected chi connectivity index (χ0v) is 15.6. The first-order valence-electron chi connectivity index (χ1n) is 7.96. The highest BCUT2D eigenvalue weighted by Crippen LogP contribution is 2.22. The van der Waals surface area contributed by atoms with Crippen LogP contribution in [-0.2, 0) is 10.0 Å². The second-order valence-corrected chi connectivity index (χ2v) is 7.41. The highest BCUT2D eigenvalue weighted by atomic mass is 32.2. The summed E-state index contributed by atoms with van der Waals surface area (Å²) < 4.78 is 44.8. The Kier molecular flexibility index (Phi) is 6.55. The van der Waals surface area contributed by atoms with Crippen LogP contribution in [0.1, 0.15) is 28.9 Å². The predicted molar refractivity (Wildman–Crippen MR) is 99.3 cm³/mol. The second kappa shape index (κ2) is 8.66. The average molecular weight is 390 g/mol. The maximum absolute atomic E-state index is 13.8. The minimum absolute atomic E-state index is 0.000394. The van der Waals surface area contributed by atoms with Gasteiger partial charge in [0.1, 0.15) is 0 Å². The van der Waals surface area contributed by atoms with Crippen molar-refractivity contribution in [2.45, 2.75) is 17.9 Å². The number of methoxy groups -OCH3 is 1. The van der Waals surface area contributed by atoms with Crippen molar-refractivity contribution < 1.29 is 22.3 Å². The van der Waals surface area contributed by atoms with Gasteiger partial charge >= 0.3 is 0 Å². The lowest BCUT2D eigenvalue weighted by molar-refractivity contribution is 0.0939. The fourth-order valence-electron chi connectivity index (χ4n) is 2.32. The third-order valence-electron chi connectivity index (χ3n) is 3.81. The molecule has 6 nitrogen and oxygen atoms in total. The number of hydrogen-bond donors (Lipinski definition) is 2. The van der Waals surface area contributed by atoms with E-state index in [1.54, 1.807) is 13.0 Å². The van der Waals surface area contributed by atoms with Gasteiger partial charge in [-0.1, -0.05) is 12.0 Å². The van der Waals surface area contributed by atoms with Crippen molar-refractivity contribution in [2.24, 2.45) is 0 Å². The molecule has 0 heterocycles. The van der Waals surface area contributed by atoms with E-state index in [1.165, 1.54) is 43.5 Å². The standard InChI is InChI=1S/C19H19FN2O4S/c1-4-11-21-27(24,25)16-8-5-14(6-9-16)19(23)22-13(2)15-7-10-18(26-3)17(20)12-15/h1,5-10,12-13,21H,11H2,2-3H3,(H,22,23)/t13-/m0/s1. The zero-order chi connectivity index (χ0) is 20.0. The summed E-state index contributed by atoms with van der Waals surface area (Å²) in [4.78, 5) is 12.3. The minimum Gasteiger partial charge on any atom is -0.494 e. The number of nitrogens with one attached hydrogen (secondary N) is 2. The molecule has 2 rings (SSSR count). The van der Waals surface area contributed by atoms with Gasteiger partial charge in [-0.25, -0.2) is 12.8 Å². The molecular formula is C19H19FN2O4S. The number of sulfonamides is 1. The van der Waals surface area contributed by atoms with Gasteiger partial charge in [0.15, 0.2) is 11.6 Å². The van der Waals surface area contributed by atoms with Crippen LogP contribution in [0.15, 0.2) is 47.4 Å². The molecule has 0 aromatic heterocycles. The number of ether oxygens (including phenoxy) is 1. The lowest BCUT2D eigenvalue weighted by atomic mass is 10.1. The number of carbonyl (C=O) groups is 1. The van der Waals surface area contributed by atoms with E-state index in [2.05, 4.69) is 16.0 Å². The molecule has 2 aromatic rings. The van der Waals surface area contributed by atoms with Gasteiger partial charge in [-0.05, 0) is 48.9 Å². The SMILES string of the molecule is C#CCNS(=O)(=O)c1ccc(C(=O)N[C@@H](C)c2ccc(OC)c(F)c2)cc1. The smallest absolute Gasteiger partial charge is 0.251 e. The first-order chi connectivity index (χ1) is 12.8. The van der Waals surface area contributed by atoms with E-state index in [9.17, 15) is 17.6 Å². The Morgan fingerprint density at radius 2 is 1.93 bits per heavy atom. The van der Waals surface area contributed by atoms with Gasteiger partial charge in [0.2, 0.25) is 10.0 Å². The molecule has 8 heteroatoms. The van der Waals surface area contributed by atoms with Gasteiger partial charge in [-0.3, -0.25) is 4.79 Å². The molecule has 0 aliphatic rings. The van der Waals surface area contributed by atoms with Gasteiger partial charge < -0.3 is 10.1 Å². The Balaban J connectivity index is 2.10. The number of amides is 1. The maximum atomic E-state index is 13.8. The van der Waals surface area contributed by atoms with Crippen molar-refractivity contribution >= 4 is 15.9 Å². The minimum atomic E-state index is -3.72. The Bertz CT molecular complexity index is 966. The Morgan fingerprint density at radius 3 is 2.48 bits per heavy atom.